The third-order valence-corrected chi connectivity index (χ3v) is 7.28. The van der Waals surface area contributed by atoms with Crippen molar-refractivity contribution in [3.8, 4) is 6.07 Å². The molecule has 0 N–H and O–H groups in total. The third-order valence-electron chi connectivity index (χ3n) is 2.21. The number of nitriles is 1. The van der Waals surface area contributed by atoms with Crippen molar-refractivity contribution in [1.29, 1.82) is 5.26 Å². The summed E-state index contributed by atoms with van der Waals surface area (Å²) >= 11 is 7.07. The summed E-state index contributed by atoms with van der Waals surface area (Å²) in [5.74, 6) is 0. The quantitative estimate of drug-likeness (QED) is 0.741. The Hall–Kier alpha value is -0.740. The van der Waals surface area contributed by atoms with E-state index in [1.807, 2.05) is 12.1 Å². The maximum Gasteiger partial charge on any atom is 0.140 e. The molecule has 88 valence electrons. The molecule has 0 saturated heterocycles. The average molecular weight is 306 g/mol. The number of hydrogen-bond acceptors (Lipinski definition) is 6. The Kier molecular flexibility index (Phi) is 3.75. The number of nitrogens with zero attached hydrogens (tertiary/aromatic N) is 2. The van der Waals surface area contributed by atoms with Crippen LogP contribution in [0.2, 0.25) is 0 Å². The number of hydrogen-bond donors (Lipinski definition) is 0. The van der Waals surface area contributed by atoms with E-state index in [-0.39, 0.29) is 0 Å². The lowest BCUT2D eigenvalue weighted by Crippen LogP contribution is -1.84. The molecule has 0 radical (unpaired) electrons. The van der Waals surface area contributed by atoms with E-state index in [4.69, 9.17) is 5.26 Å². The van der Waals surface area contributed by atoms with Gasteiger partial charge in [0.05, 0.1) is 8.47 Å². The maximum absolute atomic E-state index is 8.72. The van der Waals surface area contributed by atoms with Crippen LogP contribution in [-0.4, -0.2) is 4.98 Å². The molecule has 0 amide bonds. The third kappa shape index (κ3) is 2.50. The van der Waals surface area contributed by atoms with E-state index in [9.17, 15) is 0 Å². The van der Waals surface area contributed by atoms with Crippen LogP contribution in [0, 0.1) is 11.3 Å². The summed E-state index contributed by atoms with van der Waals surface area (Å²) in [6, 6.07) is 5.74. The highest BCUT2D eigenvalue weighted by Crippen LogP contribution is 2.55. The van der Waals surface area contributed by atoms with Gasteiger partial charge >= 0.3 is 0 Å². The molecule has 0 spiro atoms. The summed E-state index contributed by atoms with van der Waals surface area (Å²) in [6.07, 6.45) is 1.76. The Labute approximate surface area is 122 Å². The average Bonchev–Trinajstić information content (AvgIpc) is 3.09. The predicted molar refractivity (Wildman–Crippen MR) is 83.5 cm³/mol. The van der Waals surface area contributed by atoms with Crippen LogP contribution in [-0.2, 0) is 0 Å². The number of rotatable bonds is 1. The Morgan fingerprint density at radius 2 is 1.89 bits per heavy atom. The fourth-order valence-electron chi connectivity index (χ4n) is 1.38. The van der Waals surface area contributed by atoms with Crippen molar-refractivity contribution in [3.05, 3.63) is 54.3 Å². The fourth-order valence-corrected chi connectivity index (χ4v) is 5.85. The molecule has 1 aromatic rings. The summed E-state index contributed by atoms with van der Waals surface area (Å²) < 4.78 is 2.67. The van der Waals surface area contributed by atoms with Crippen LogP contribution < -0.4 is 0 Å². The molecule has 0 bridgehead atoms. The lowest BCUT2D eigenvalue weighted by atomic mass is 10.2. The van der Waals surface area contributed by atoms with Crippen LogP contribution >= 0.6 is 47.0 Å². The summed E-state index contributed by atoms with van der Waals surface area (Å²) in [5.41, 5.74) is 1.53. The van der Waals surface area contributed by atoms with Crippen LogP contribution in [0.3, 0.4) is 0 Å². The van der Waals surface area contributed by atoms with E-state index in [0.29, 0.717) is 5.69 Å². The lowest BCUT2D eigenvalue weighted by Gasteiger charge is -2.02. The highest BCUT2D eigenvalue weighted by molar-refractivity contribution is 8.35. The van der Waals surface area contributed by atoms with Gasteiger partial charge in [0.25, 0.3) is 0 Å². The minimum atomic E-state index is 0.458. The molecule has 18 heavy (non-hydrogen) atoms. The number of aromatic nitrogens is 1. The van der Waals surface area contributed by atoms with Gasteiger partial charge in [-0.15, -0.1) is 0 Å². The molecule has 3 heterocycles. The second kappa shape index (κ2) is 5.49. The van der Waals surface area contributed by atoms with Crippen molar-refractivity contribution < 1.29 is 0 Å². The fraction of sp³-hybridized carbons (Fsp3) is 0. The largest absolute Gasteiger partial charge is 0.245 e. The number of thioether (sulfide) groups is 4. The Bertz CT molecular complexity index is 598. The van der Waals surface area contributed by atoms with Crippen molar-refractivity contribution in [3.63, 3.8) is 0 Å². The van der Waals surface area contributed by atoms with Gasteiger partial charge in [0.1, 0.15) is 11.8 Å². The van der Waals surface area contributed by atoms with Crippen molar-refractivity contribution >= 4 is 52.0 Å². The zero-order valence-corrected chi connectivity index (χ0v) is 12.3. The zero-order chi connectivity index (χ0) is 12.4. The molecule has 0 aromatic carbocycles. The van der Waals surface area contributed by atoms with Crippen molar-refractivity contribution in [2.24, 2.45) is 0 Å². The van der Waals surface area contributed by atoms with E-state index in [1.54, 1.807) is 59.3 Å². The highest BCUT2D eigenvalue weighted by atomic mass is 32.2. The Balaban J connectivity index is 1.79. The first-order chi connectivity index (χ1) is 8.86. The molecule has 0 unspecified atom stereocenters. The van der Waals surface area contributed by atoms with E-state index in [1.165, 1.54) is 13.4 Å². The van der Waals surface area contributed by atoms with Crippen molar-refractivity contribution in [2.75, 3.05) is 0 Å². The van der Waals surface area contributed by atoms with E-state index >= 15 is 0 Å². The van der Waals surface area contributed by atoms with Crippen molar-refractivity contribution in [2.45, 2.75) is 0 Å². The first kappa shape index (κ1) is 12.3. The van der Waals surface area contributed by atoms with Crippen LogP contribution in [0.15, 0.2) is 43.0 Å². The topological polar surface area (TPSA) is 36.7 Å². The smallest absolute Gasteiger partial charge is 0.140 e. The molecule has 2 nitrogen and oxygen atoms in total. The number of pyridine rings is 1. The van der Waals surface area contributed by atoms with Gasteiger partial charge in [-0.2, -0.15) is 5.26 Å². The van der Waals surface area contributed by atoms with Gasteiger partial charge in [-0.05, 0) is 28.4 Å². The SMILES string of the molecule is N#Cc1ccc(C2=CSC(=C3SC=CS3)S2)cn1. The predicted octanol–water partition coefficient (Wildman–Crippen LogP) is 4.81. The summed E-state index contributed by atoms with van der Waals surface area (Å²) in [4.78, 5) is 5.30. The van der Waals surface area contributed by atoms with Gasteiger partial charge in [0, 0.05) is 16.7 Å². The van der Waals surface area contributed by atoms with E-state index in [2.05, 4.69) is 21.2 Å². The van der Waals surface area contributed by atoms with E-state index in [0.717, 1.165) is 5.56 Å². The molecule has 0 saturated carbocycles. The monoisotopic (exact) mass is 306 g/mol. The molecular formula is C12H6N2S4. The Morgan fingerprint density at radius 1 is 1.06 bits per heavy atom. The Morgan fingerprint density at radius 3 is 2.56 bits per heavy atom. The first-order valence-corrected chi connectivity index (χ1v) is 8.46. The summed E-state index contributed by atoms with van der Waals surface area (Å²) in [6.45, 7) is 0. The second-order valence-corrected chi connectivity index (χ2v) is 7.61. The van der Waals surface area contributed by atoms with Gasteiger partial charge < -0.3 is 0 Å². The molecule has 0 fully saturated rings. The molecule has 6 heteroatoms. The van der Waals surface area contributed by atoms with E-state index < -0.39 is 0 Å². The molecular weight excluding hydrogens is 300 g/mol. The molecule has 0 aliphatic carbocycles. The zero-order valence-electron chi connectivity index (χ0n) is 8.99. The highest BCUT2D eigenvalue weighted by Gasteiger charge is 2.19. The molecule has 1 aromatic heterocycles. The molecule has 3 rings (SSSR count). The normalized spacial score (nSPS) is 18.1. The van der Waals surface area contributed by atoms with Crippen molar-refractivity contribution in [1.82, 2.24) is 4.98 Å². The van der Waals surface area contributed by atoms with Gasteiger partial charge in [-0.1, -0.05) is 47.0 Å². The van der Waals surface area contributed by atoms with Gasteiger partial charge in [0.15, 0.2) is 0 Å². The standard InChI is InChI=1S/C12H6N2S4/c13-5-9-2-1-8(6-14-9)10-7-17-12(18-10)11-15-3-4-16-11/h1-4,6-7H. The molecule has 2 aliphatic rings. The lowest BCUT2D eigenvalue weighted by molar-refractivity contribution is 1.25. The maximum atomic E-state index is 8.72. The van der Waals surface area contributed by atoms with Crippen LogP contribution in [0.25, 0.3) is 4.91 Å². The molecule has 2 aliphatic heterocycles. The van der Waals surface area contributed by atoms with Crippen LogP contribution in [0.4, 0.5) is 0 Å². The minimum absolute atomic E-state index is 0.458. The van der Waals surface area contributed by atoms with Crippen LogP contribution in [0.5, 0.6) is 0 Å². The van der Waals surface area contributed by atoms with Gasteiger partial charge in [-0.3, -0.25) is 0 Å². The second-order valence-electron chi connectivity index (χ2n) is 3.33. The molecule has 0 atom stereocenters. The van der Waals surface area contributed by atoms with Crippen LogP contribution in [0.1, 0.15) is 11.3 Å². The van der Waals surface area contributed by atoms with Gasteiger partial charge in [0.2, 0.25) is 0 Å². The minimum Gasteiger partial charge on any atom is -0.245 e. The summed E-state index contributed by atoms with van der Waals surface area (Å²) in [5, 5.41) is 15.1. The first-order valence-electron chi connectivity index (χ1n) is 5.00. The van der Waals surface area contributed by atoms with Gasteiger partial charge in [-0.25, -0.2) is 4.98 Å². The summed E-state index contributed by atoms with van der Waals surface area (Å²) in [7, 11) is 0.